The number of carbonyl (C=O) groups excluding carboxylic acids is 1. The molecule has 0 atom stereocenters. The van der Waals surface area contributed by atoms with Crippen LogP contribution in [0, 0.1) is 6.92 Å². The average molecular weight is 381 g/mol. The molecule has 0 aliphatic carbocycles. The van der Waals surface area contributed by atoms with Gasteiger partial charge in [-0.05, 0) is 37.3 Å². The highest BCUT2D eigenvalue weighted by molar-refractivity contribution is 5.94. The van der Waals surface area contributed by atoms with E-state index in [1.165, 1.54) is 12.1 Å². The minimum atomic E-state index is -4.75. The van der Waals surface area contributed by atoms with E-state index in [1.54, 1.807) is 11.0 Å². The molecule has 3 rings (SSSR count). The number of piperidine rings is 1. The average Bonchev–Trinajstić information content (AvgIpc) is 2.63. The molecule has 27 heavy (non-hydrogen) atoms. The van der Waals surface area contributed by atoms with Crippen LogP contribution in [0.3, 0.4) is 0 Å². The van der Waals surface area contributed by atoms with Crippen LogP contribution in [0.4, 0.5) is 13.2 Å². The van der Waals surface area contributed by atoms with Crippen LogP contribution < -0.4 is 9.47 Å². The minimum Gasteiger partial charge on any atom is -0.473 e. The van der Waals surface area contributed by atoms with Crippen molar-refractivity contribution in [3.05, 3.63) is 47.7 Å². The summed E-state index contributed by atoms with van der Waals surface area (Å²) in [6.07, 6.45) is -3.55. The summed E-state index contributed by atoms with van der Waals surface area (Å²) in [4.78, 5) is 14.2. The number of halogens is 3. The van der Waals surface area contributed by atoms with Crippen LogP contribution >= 0.6 is 0 Å². The van der Waals surface area contributed by atoms with Crippen LogP contribution in [-0.2, 0) is 0 Å². The molecular formula is C18H18F3N3O3. The Hall–Kier alpha value is -2.84. The molecule has 0 unspecified atom stereocenters. The van der Waals surface area contributed by atoms with E-state index < -0.39 is 6.36 Å². The Morgan fingerprint density at radius 3 is 2.30 bits per heavy atom. The quantitative estimate of drug-likeness (QED) is 0.813. The van der Waals surface area contributed by atoms with E-state index in [2.05, 4.69) is 14.9 Å². The summed E-state index contributed by atoms with van der Waals surface area (Å²) in [6.45, 7) is 2.82. The van der Waals surface area contributed by atoms with Gasteiger partial charge in [-0.1, -0.05) is 0 Å². The highest BCUT2D eigenvalue weighted by Gasteiger charge is 2.31. The molecule has 0 bridgehead atoms. The second kappa shape index (κ2) is 7.81. The van der Waals surface area contributed by atoms with Crippen LogP contribution in [-0.4, -0.2) is 46.6 Å². The molecule has 6 nitrogen and oxygen atoms in total. The van der Waals surface area contributed by atoms with Crippen LogP contribution in [0.1, 0.15) is 28.9 Å². The Morgan fingerprint density at radius 2 is 1.74 bits per heavy atom. The lowest BCUT2D eigenvalue weighted by atomic mass is 10.1. The van der Waals surface area contributed by atoms with Crippen molar-refractivity contribution in [2.24, 2.45) is 0 Å². The molecule has 0 N–H and O–H groups in total. The SMILES string of the molecule is Cc1ccc(OC2CCN(C(=O)c3ccc(OC(F)(F)F)cc3)CC2)nn1. The Morgan fingerprint density at radius 1 is 1.07 bits per heavy atom. The molecular weight excluding hydrogens is 363 g/mol. The van der Waals surface area contributed by atoms with Gasteiger partial charge in [0.2, 0.25) is 5.88 Å². The van der Waals surface area contributed by atoms with Gasteiger partial charge in [0.1, 0.15) is 11.9 Å². The first-order chi connectivity index (χ1) is 12.8. The second-order valence-electron chi connectivity index (χ2n) is 6.19. The van der Waals surface area contributed by atoms with E-state index in [0.717, 1.165) is 17.8 Å². The number of likely N-dealkylation sites (tertiary alicyclic amines) is 1. The number of rotatable bonds is 4. The lowest BCUT2D eigenvalue weighted by Gasteiger charge is -2.32. The van der Waals surface area contributed by atoms with E-state index >= 15 is 0 Å². The van der Waals surface area contributed by atoms with E-state index in [0.29, 0.717) is 37.4 Å². The Balaban J connectivity index is 1.52. The second-order valence-corrected chi connectivity index (χ2v) is 6.19. The Kier molecular flexibility index (Phi) is 5.48. The number of alkyl halides is 3. The fraction of sp³-hybridized carbons (Fsp3) is 0.389. The Labute approximate surface area is 153 Å². The van der Waals surface area contributed by atoms with Gasteiger partial charge in [0.05, 0.1) is 5.69 Å². The number of benzene rings is 1. The molecule has 1 amide bonds. The molecule has 1 saturated heterocycles. The third-order valence-corrected chi connectivity index (χ3v) is 4.12. The van der Waals surface area contributed by atoms with E-state index in [1.807, 2.05) is 13.0 Å². The maximum absolute atomic E-state index is 12.5. The van der Waals surface area contributed by atoms with Crippen molar-refractivity contribution in [1.29, 1.82) is 0 Å². The van der Waals surface area contributed by atoms with Crippen LogP contribution in [0.2, 0.25) is 0 Å². The first kappa shape index (κ1) is 18.9. The van der Waals surface area contributed by atoms with Gasteiger partial charge in [0.25, 0.3) is 5.91 Å². The number of carbonyl (C=O) groups is 1. The first-order valence-electron chi connectivity index (χ1n) is 8.42. The number of aryl methyl sites for hydroxylation is 1. The standard InChI is InChI=1S/C18H18F3N3O3/c1-12-2-7-16(23-22-12)26-14-8-10-24(11-9-14)17(25)13-3-5-15(6-4-13)27-18(19,20)21/h2-7,14H,8-11H2,1H3. The zero-order valence-corrected chi connectivity index (χ0v) is 14.6. The van der Waals surface area contributed by atoms with Crippen molar-refractivity contribution in [2.45, 2.75) is 32.2 Å². The zero-order valence-electron chi connectivity index (χ0n) is 14.6. The first-order valence-corrected chi connectivity index (χ1v) is 8.42. The van der Waals surface area contributed by atoms with Gasteiger partial charge < -0.3 is 14.4 Å². The predicted octanol–water partition coefficient (Wildman–Crippen LogP) is 3.37. The number of nitrogens with zero attached hydrogens (tertiary/aromatic N) is 3. The van der Waals surface area contributed by atoms with Crippen molar-refractivity contribution in [1.82, 2.24) is 15.1 Å². The summed E-state index contributed by atoms with van der Waals surface area (Å²) >= 11 is 0. The van der Waals surface area contributed by atoms with Crippen LogP contribution in [0.15, 0.2) is 36.4 Å². The van der Waals surface area contributed by atoms with Crippen molar-refractivity contribution < 1.29 is 27.4 Å². The molecule has 0 spiro atoms. The minimum absolute atomic E-state index is 0.0615. The van der Waals surface area contributed by atoms with Crippen LogP contribution in [0.5, 0.6) is 11.6 Å². The lowest BCUT2D eigenvalue weighted by molar-refractivity contribution is -0.274. The number of ether oxygens (including phenoxy) is 2. The normalized spacial score (nSPS) is 15.5. The Bertz CT molecular complexity index is 771. The molecule has 1 aliphatic heterocycles. The topological polar surface area (TPSA) is 64.5 Å². The molecule has 2 aromatic rings. The molecule has 0 radical (unpaired) electrons. The number of hydrogen-bond acceptors (Lipinski definition) is 5. The number of hydrogen-bond donors (Lipinski definition) is 0. The predicted molar refractivity (Wildman–Crippen MR) is 89.4 cm³/mol. The zero-order chi connectivity index (χ0) is 19.4. The molecule has 1 aliphatic rings. The molecule has 2 heterocycles. The van der Waals surface area contributed by atoms with Gasteiger partial charge in [-0.2, -0.15) is 5.10 Å². The fourth-order valence-corrected chi connectivity index (χ4v) is 2.78. The number of aromatic nitrogens is 2. The van der Waals surface area contributed by atoms with Gasteiger partial charge in [-0.3, -0.25) is 4.79 Å². The summed E-state index contributed by atoms with van der Waals surface area (Å²) in [5, 5.41) is 7.90. The number of amides is 1. The third-order valence-electron chi connectivity index (χ3n) is 4.12. The maximum Gasteiger partial charge on any atom is 0.573 e. The monoisotopic (exact) mass is 381 g/mol. The summed E-state index contributed by atoms with van der Waals surface area (Å²) in [5.74, 6) is -0.141. The van der Waals surface area contributed by atoms with Crippen molar-refractivity contribution in [2.75, 3.05) is 13.1 Å². The fourth-order valence-electron chi connectivity index (χ4n) is 2.78. The third kappa shape index (κ3) is 5.32. The van der Waals surface area contributed by atoms with Gasteiger partial charge in [-0.15, -0.1) is 18.3 Å². The molecule has 1 aromatic carbocycles. The molecule has 144 valence electrons. The summed E-state index contributed by atoms with van der Waals surface area (Å²) in [7, 11) is 0. The summed E-state index contributed by atoms with van der Waals surface area (Å²) in [6, 6.07) is 8.48. The summed E-state index contributed by atoms with van der Waals surface area (Å²) in [5.41, 5.74) is 1.11. The van der Waals surface area contributed by atoms with Gasteiger partial charge in [-0.25, -0.2) is 0 Å². The smallest absolute Gasteiger partial charge is 0.473 e. The van der Waals surface area contributed by atoms with E-state index in [4.69, 9.17) is 4.74 Å². The van der Waals surface area contributed by atoms with E-state index in [9.17, 15) is 18.0 Å². The van der Waals surface area contributed by atoms with Crippen molar-refractivity contribution >= 4 is 5.91 Å². The van der Waals surface area contributed by atoms with Crippen LogP contribution in [0.25, 0.3) is 0 Å². The summed E-state index contributed by atoms with van der Waals surface area (Å²) < 4.78 is 46.1. The molecule has 1 fully saturated rings. The molecule has 0 saturated carbocycles. The van der Waals surface area contributed by atoms with Crippen molar-refractivity contribution in [3.8, 4) is 11.6 Å². The largest absolute Gasteiger partial charge is 0.573 e. The van der Waals surface area contributed by atoms with Gasteiger partial charge >= 0.3 is 6.36 Å². The highest BCUT2D eigenvalue weighted by Crippen LogP contribution is 2.24. The van der Waals surface area contributed by atoms with Crippen molar-refractivity contribution in [3.63, 3.8) is 0 Å². The van der Waals surface area contributed by atoms with Gasteiger partial charge in [0.15, 0.2) is 0 Å². The van der Waals surface area contributed by atoms with E-state index in [-0.39, 0.29) is 17.8 Å². The molecule has 1 aromatic heterocycles. The molecule has 9 heteroatoms. The van der Waals surface area contributed by atoms with Gasteiger partial charge in [0, 0.05) is 37.6 Å². The maximum atomic E-state index is 12.5. The highest BCUT2D eigenvalue weighted by atomic mass is 19.4. The lowest BCUT2D eigenvalue weighted by Crippen LogP contribution is -2.41.